The van der Waals surface area contributed by atoms with Crippen molar-refractivity contribution in [1.29, 1.82) is 0 Å². The average molecular weight is 285 g/mol. The lowest BCUT2D eigenvalue weighted by Crippen LogP contribution is -2.34. The first-order chi connectivity index (χ1) is 9.55. The summed E-state index contributed by atoms with van der Waals surface area (Å²) in [6.45, 7) is 5.82. The Bertz CT molecular complexity index is 378. The van der Waals surface area contributed by atoms with Crippen molar-refractivity contribution >= 4 is 0 Å². The lowest BCUT2D eigenvalue weighted by Gasteiger charge is -2.22. The summed E-state index contributed by atoms with van der Waals surface area (Å²) < 4.78 is 31.6. The van der Waals surface area contributed by atoms with Crippen LogP contribution in [0.2, 0.25) is 0 Å². The van der Waals surface area contributed by atoms with Gasteiger partial charge in [0.2, 0.25) is 0 Å². The number of nitrogens with one attached hydrogen (secondary N) is 1. The Morgan fingerprint density at radius 3 is 2.40 bits per heavy atom. The highest BCUT2D eigenvalue weighted by atomic mass is 19.1. The minimum Gasteiger partial charge on any atom is -0.384 e. The first-order valence-electron chi connectivity index (χ1n) is 7.22. The van der Waals surface area contributed by atoms with Crippen LogP contribution < -0.4 is 5.32 Å². The molecule has 0 radical (unpaired) electrons. The molecule has 4 heteroatoms. The van der Waals surface area contributed by atoms with E-state index in [1.807, 2.05) is 0 Å². The molecule has 1 aromatic carbocycles. The van der Waals surface area contributed by atoms with Crippen LogP contribution in [0, 0.1) is 17.6 Å². The SMILES string of the molecule is CCCNC(Cc1cc(F)cc(F)c1)CC(C)COC. The Balaban J connectivity index is 2.67. The van der Waals surface area contributed by atoms with Crippen molar-refractivity contribution < 1.29 is 13.5 Å². The molecule has 2 nitrogen and oxygen atoms in total. The fourth-order valence-electron chi connectivity index (χ4n) is 2.44. The van der Waals surface area contributed by atoms with E-state index >= 15 is 0 Å². The second-order valence-electron chi connectivity index (χ2n) is 5.43. The van der Waals surface area contributed by atoms with E-state index in [0.29, 0.717) is 24.5 Å². The normalized spacial score (nSPS) is 14.2. The standard InChI is InChI=1S/C16H25F2NO/c1-4-5-19-16(6-12(2)11-20-3)9-13-7-14(17)10-15(18)8-13/h7-8,10,12,16,19H,4-6,9,11H2,1-3H3. The smallest absolute Gasteiger partial charge is 0.126 e. The molecular weight excluding hydrogens is 260 g/mol. The van der Waals surface area contributed by atoms with Gasteiger partial charge in [-0.1, -0.05) is 13.8 Å². The minimum atomic E-state index is -0.515. The van der Waals surface area contributed by atoms with E-state index in [0.717, 1.165) is 25.5 Å². The van der Waals surface area contributed by atoms with Gasteiger partial charge in [-0.3, -0.25) is 0 Å². The molecule has 0 aliphatic carbocycles. The Hall–Kier alpha value is -1.00. The van der Waals surface area contributed by atoms with Crippen LogP contribution in [0.4, 0.5) is 8.78 Å². The first-order valence-corrected chi connectivity index (χ1v) is 7.22. The molecule has 0 aliphatic heterocycles. The number of hydrogen-bond acceptors (Lipinski definition) is 2. The van der Waals surface area contributed by atoms with E-state index in [2.05, 4.69) is 19.2 Å². The van der Waals surface area contributed by atoms with E-state index in [1.54, 1.807) is 7.11 Å². The van der Waals surface area contributed by atoms with Crippen molar-refractivity contribution in [2.75, 3.05) is 20.3 Å². The van der Waals surface area contributed by atoms with Gasteiger partial charge in [-0.2, -0.15) is 0 Å². The third-order valence-electron chi connectivity index (χ3n) is 3.23. The van der Waals surface area contributed by atoms with Crippen molar-refractivity contribution in [1.82, 2.24) is 5.32 Å². The summed E-state index contributed by atoms with van der Waals surface area (Å²) in [7, 11) is 1.69. The summed E-state index contributed by atoms with van der Waals surface area (Å²) in [5.74, 6) is -0.619. The monoisotopic (exact) mass is 285 g/mol. The Morgan fingerprint density at radius 1 is 1.20 bits per heavy atom. The number of rotatable bonds is 9. The molecule has 0 spiro atoms. The van der Waals surface area contributed by atoms with Gasteiger partial charge >= 0.3 is 0 Å². The number of benzene rings is 1. The molecule has 0 saturated carbocycles. The first kappa shape index (κ1) is 17.1. The molecule has 2 atom stereocenters. The predicted molar refractivity (Wildman–Crippen MR) is 77.8 cm³/mol. The molecule has 0 amide bonds. The van der Waals surface area contributed by atoms with Crippen molar-refractivity contribution in [2.24, 2.45) is 5.92 Å². The zero-order chi connectivity index (χ0) is 15.0. The zero-order valence-electron chi connectivity index (χ0n) is 12.6. The van der Waals surface area contributed by atoms with Crippen LogP contribution in [0.5, 0.6) is 0 Å². The second kappa shape index (κ2) is 9.03. The van der Waals surface area contributed by atoms with Crippen LogP contribution in [0.25, 0.3) is 0 Å². The summed E-state index contributed by atoms with van der Waals surface area (Å²) in [6.07, 6.45) is 2.58. The molecule has 0 fully saturated rings. The molecule has 0 saturated heterocycles. The van der Waals surface area contributed by atoms with Gasteiger partial charge < -0.3 is 10.1 Å². The lowest BCUT2D eigenvalue weighted by molar-refractivity contribution is 0.149. The molecule has 1 aromatic rings. The topological polar surface area (TPSA) is 21.3 Å². The largest absolute Gasteiger partial charge is 0.384 e. The van der Waals surface area contributed by atoms with Crippen LogP contribution >= 0.6 is 0 Å². The van der Waals surface area contributed by atoms with E-state index in [-0.39, 0.29) is 6.04 Å². The van der Waals surface area contributed by atoms with Gasteiger partial charge in [0.05, 0.1) is 0 Å². The molecule has 0 heterocycles. The van der Waals surface area contributed by atoms with E-state index in [4.69, 9.17) is 4.74 Å². The zero-order valence-corrected chi connectivity index (χ0v) is 12.6. The lowest BCUT2D eigenvalue weighted by atomic mass is 9.96. The van der Waals surface area contributed by atoms with Crippen LogP contribution in [0.1, 0.15) is 32.3 Å². The molecule has 1 rings (SSSR count). The maximum absolute atomic E-state index is 13.2. The summed E-state index contributed by atoms with van der Waals surface area (Å²) in [4.78, 5) is 0. The average Bonchev–Trinajstić information content (AvgIpc) is 2.35. The third-order valence-corrected chi connectivity index (χ3v) is 3.23. The molecule has 0 aliphatic rings. The summed E-state index contributed by atoms with van der Waals surface area (Å²) in [5, 5.41) is 3.45. The summed E-state index contributed by atoms with van der Waals surface area (Å²) >= 11 is 0. The molecule has 20 heavy (non-hydrogen) atoms. The fraction of sp³-hybridized carbons (Fsp3) is 0.625. The van der Waals surface area contributed by atoms with Crippen LogP contribution in [0.3, 0.4) is 0 Å². The Morgan fingerprint density at radius 2 is 1.85 bits per heavy atom. The van der Waals surface area contributed by atoms with Crippen molar-refractivity contribution in [3.8, 4) is 0 Å². The predicted octanol–water partition coefficient (Wildman–Crippen LogP) is 3.55. The van der Waals surface area contributed by atoms with E-state index in [9.17, 15) is 8.78 Å². The maximum Gasteiger partial charge on any atom is 0.126 e. The highest BCUT2D eigenvalue weighted by molar-refractivity contribution is 5.19. The molecule has 2 unspecified atom stereocenters. The summed E-state index contributed by atoms with van der Waals surface area (Å²) in [6, 6.07) is 3.93. The Labute approximate surface area is 120 Å². The van der Waals surface area contributed by atoms with Gasteiger partial charge in [0.1, 0.15) is 11.6 Å². The van der Waals surface area contributed by atoms with Gasteiger partial charge in [0.15, 0.2) is 0 Å². The van der Waals surface area contributed by atoms with Crippen LogP contribution in [-0.4, -0.2) is 26.3 Å². The fourth-order valence-corrected chi connectivity index (χ4v) is 2.44. The van der Waals surface area contributed by atoms with E-state index in [1.165, 1.54) is 12.1 Å². The van der Waals surface area contributed by atoms with Gasteiger partial charge in [0.25, 0.3) is 0 Å². The minimum absolute atomic E-state index is 0.210. The summed E-state index contributed by atoms with van der Waals surface area (Å²) in [5.41, 5.74) is 0.695. The van der Waals surface area contributed by atoms with Gasteiger partial charge in [-0.05, 0) is 49.4 Å². The highest BCUT2D eigenvalue weighted by Gasteiger charge is 2.14. The number of hydrogen-bond donors (Lipinski definition) is 1. The van der Waals surface area contributed by atoms with Gasteiger partial charge in [-0.15, -0.1) is 0 Å². The van der Waals surface area contributed by atoms with Crippen molar-refractivity contribution in [3.05, 3.63) is 35.4 Å². The van der Waals surface area contributed by atoms with Crippen LogP contribution in [0.15, 0.2) is 18.2 Å². The number of halogens is 2. The Kier molecular flexibility index (Phi) is 7.70. The number of methoxy groups -OCH3 is 1. The molecule has 1 N–H and O–H groups in total. The maximum atomic E-state index is 13.2. The number of ether oxygens (including phenoxy) is 1. The van der Waals surface area contributed by atoms with Crippen LogP contribution in [-0.2, 0) is 11.2 Å². The third kappa shape index (κ3) is 6.44. The molecular formula is C16H25F2NO. The quantitative estimate of drug-likeness (QED) is 0.749. The molecule has 0 bridgehead atoms. The van der Waals surface area contributed by atoms with Gasteiger partial charge in [-0.25, -0.2) is 8.78 Å². The van der Waals surface area contributed by atoms with Crippen molar-refractivity contribution in [2.45, 2.75) is 39.2 Å². The van der Waals surface area contributed by atoms with E-state index < -0.39 is 11.6 Å². The molecule has 0 aromatic heterocycles. The highest BCUT2D eigenvalue weighted by Crippen LogP contribution is 2.14. The second-order valence-corrected chi connectivity index (χ2v) is 5.43. The van der Waals surface area contributed by atoms with Gasteiger partial charge in [0, 0.05) is 25.8 Å². The molecule has 114 valence electrons. The van der Waals surface area contributed by atoms with Crippen molar-refractivity contribution in [3.63, 3.8) is 0 Å².